The normalized spacial score (nSPS) is 10.3. The first-order chi connectivity index (χ1) is 8.08. The fraction of sp³-hybridized carbons (Fsp3) is 0.133. The van der Waals surface area contributed by atoms with Gasteiger partial charge in [-0.05, 0) is 31.5 Å². The monoisotopic (exact) mass is 244 g/mol. The third-order valence-corrected chi connectivity index (χ3v) is 2.99. The fourth-order valence-electron chi connectivity index (χ4n) is 1.70. The van der Waals surface area contributed by atoms with E-state index in [4.69, 9.17) is 11.6 Å². The number of aryl methyl sites for hydroxylation is 2. The van der Waals surface area contributed by atoms with Crippen LogP contribution in [0.2, 0.25) is 5.02 Å². The maximum Gasteiger partial charge on any atom is 0.193 e. The molecule has 0 saturated carbocycles. The molecule has 0 atom stereocenters. The molecule has 2 aromatic carbocycles. The summed E-state index contributed by atoms with van der Waals surface area (Å²) in [7, 11) is 0. The number of hydrogen-bond acceptors (Lipinski definition) is 1. The van der Waals surface area contributed by atoms with Gasteiger partial charge in [0.25, 0.3) is 0 Å². The molecule has 0 radical (unpaired) electrons. The van der Waals surface area contributed by atoms with Crippen LogP contribution in [-0.2, 0) is 0 Å². The van der Waals surface area contributed by atoms with Crippen LogP contribution in [0.25, 0.3) is 0 Å². The topological polar surface area (TPSA) is 17.1 Å². The van der Waals surface area contributed by atoms with E-state index in [0.717, 1.165) is 11.1 Å². The summed E-state index contributed by atoms with van der Waals surface area (Å²) in [5.41, 5.74) is 3.45. The summed E-state index contributed by atoms with van der Waals surface area (Å²) in [6.45, 7) is 3.91. The maximum atomic E-state index is 12.3. The molecular formula is C15H13ClO. The number of halogens is 1. The van der Waals surface area contributed by atoms with Crippen LogP contribution in [0, 0.1) is 13.8 Å². The summed E-state index contributed by atoms with van der Waals surface area (Å²) >= 11 is 5.92. The van der Waals surface area contributed by atoms with Crippen molar-refractivity contribution in [2.24, 2.45) is 0 Å². The highest BCUT2D eigenvalue weighted by Gasteiger charge is 2.11. The van der Waals surface area contributed by atoms with Gasteiger partial charge in [-0.3, -0.25) is 4.79 Å². The van der Waals surface area contributed by atoms with E-state index in [2.05, 4.69) is 0 Å². The molecule has 0 aromatic heterocycles. The summed E-state index contributed by atoms with van der Waals surface area (Å²) < 4.78 is 0. The van der Waals surface area contributed by atoms with E-state index in [-0.39, 0.29) is 5.78 Å². The molecule has 0 fully saturated rings. The lowest BCUT2D eigenvalue weighted by atomic mass is 9.98. The molecule has 0 unspecified atom stereocenters. The Morgan fingerprint density at radius 2 is 1.65 bits per heavy atom. The Hall–Kier alpha value is -1.60. The summed E-state index contributed by atoms with van der Waals surface area (Å²) in [5.74, 6) is 0.0185. The molecule has 0 aliphatic rings. The van der Waals surface area contributed by atoms with E-state index in [0.29, 0.717) is 16.1 Å². The lowest BCUT2D eigenvalue weighted by Crippen LogP contribution is -2.03. The Bertz CT molecular complexity index is 556. The van der Waals surface area contributed by atoms with Crippen molar-refractivity contribution in [3.63, 3.8) is 0 Å². The molecule has 0 bridgehead atoms. The molecule has 2 aromatic rings. The van der Waals surface area contributed by atoms with Crippen molar-refractivity contribution in [3.05, 3.63) is 69.7 Å². The van der Waals surface area contributed by atoms with Gasteiger partial charge in [0, 0.05) is 16.1 Å². The summed E-state index contributed by atoms with van der Waals surface area (Å²) in [6, 6.07) is 12.9. The van der Waals surface area contributed by atoms with Gasteiger partial charge in [-0.25, -0.2) is 0 Å². The second kappa shape index (κ2) is 4.72. The minimum absolute atomic E-state index is 0.0185. The average molecular weight is 245 g/mol. The van der Waals surface area contributed by atoms with E-state index in [9.17, 15) is 4.79 Å². The minimum atomic E-state index is 0.0185. The number of rotatable bonds is 2. The van der Waals surface area contributed by atoms with Gasteiger partial charge in [0.15, 0.2) is 5.78 Å². The minimum Gasteiger partial charge on any atom is -0.289 e. The summed E-state index contributed by atoms with van der Waals surface area (Å²) in [6.07, 6.45) is 0. The SMILES string of the molecule is Cc1ccc(C(=O)c2cc(Cl)ccc2C)cc1. The van der Waals surface area contributed by atoms with Gasteiger partial charge in [-0.2, -0.15) is 0 Å². The van der Waals surface area contributed by atoms with Crippen LogP contribution < -0.4 is 0 Å². The van der Waals surface area contributed by atoms with Crippen molar-refractivity contribution in [2.75, 3.05) is 0 Å². The summed E-state index contributed by atoms with van der Waals surface area (Å²) in [4.78, 5) is 12.3. The molecule has 0 aliphatic heterocycles. The third-order valence-electron chi connectivity index (χ3n) is 2.76. The second-order valence-corrected chi connectivity index (χ2v) is 4.59. The maximum absolute atomic E-state index is 12.3. The van der Waals surface area contributed by atoms with Crippen LogP contribution in [0.3, 0.4) is 0 Å². The fourth-order valence-corrected chi connectivity index (χ4v) is 1.87. The van der Waals surface area contributed by atoms with E-state index in [1.165, 1.54) is 0 Å². The van der Waals surface area contributed by atoms with Crippen molar-refractivity contribution in [3.8, 4) is 0 Å². The van der Waals surface area contributed by atoms with Crippen molar-refractivity contribution >= 4 is 17.4 Å². The molecule has 86 valence electrons. The van der Waals surface area contributed by atoms with Gasteiger partial charge < -0.3 is 0 Å². The average Bonchev–Trinajstić information content (AvgIpc) is 2.32. The van der Waals surface area contributed by atoms with Crippen molar-refractivity contribution in [1.82, 2.24) is 0 Å². The molecule has 0 N–H and O–H groups in total. The molecular weight excluding hydrogens is 232 g/mol. The lowest BCUT2D eigenvalue weighted by molar-refractivity contribution is 0.103. The molecule has 0 heterocycles. The largest absolute Gasteiger partial charge is 0.289 e. The second-order valence-electron chi connectivity index (χ2n) is 4.15. The Balaban J connectivity index is 2.43. The van der Waals surface area contributed by atoms with Crippen LogP contribution in [0.15, 0.2) is 42.5 Å². The lowest BCUT2D eigenvalue weighted by Gasteiger charge is -2.06. The Labute approximate surface area is 106 Å². The zero-order valence-electron chi connectivity index (χ0n) is 9.83. The zero-order chi connectivity index (χ0) is 12.4. The van der Waals surface area contributed by atoms with E-state index < -0.39 is 0 Å². The first-order valence-electron chi connectivity index (χ1n) is 5.45. The van der Waals surface area contributed by atoms with Crippen molar-refractivity contribution in [1.29, 1.82) is 0 Å². The quantitative estimate of drug-likeness (QED) is 0.724. The highest BCUT2D eigenvalue weighted by molar-refractivity contribution is 6.31. The van der Waals surface area contributed by atoms with Gasteiger partial charge in [-0.15, -0.1) is 0 Å². The van der Waals surface area contributed by atoms with Gasteiger partial charge in [0.05, 0.1) is 0 Å². The third kappa shape index (κ3) is 2.56. The van der Waals surface area contributed by atoms with Crippen molar-refractivity contribution < 1.29 is 4.79 Å². The number of carbonyl (C=O) groups is 1. The number of carbonyl (C=O) groups excluding carboxylic acids is 1. The first-order valence-corrected chi connectivity index (χ1v) is 5.83. The van der Waals surface area contributed by atoms with Crippen LogP contribution in [-0.4, -0.2) is 5.78 Å². The molecule has 17 heavy (non-hydrogen) atoms. The smallest absolute Gasteiger partial charge is 0.193 e. The van der Waals surface area contributed by atoms with Crippen LogP contribution in [0.1, 0.15) is 27.0 Å². The molecule has 0 amide bonds. The van der Waals surface area contributed by atoms with E-state index >= 15 is 0 Å². The Morgan fingerprint density at radius 1 is 1.00 bits per heavy atom. The van der Waals surface area contributed by atoms with Gasteiger partial charge in [-0.1, -0.05) is 47.5 Å². The van der Waals surface area contributed by atoms with E-state index in [1.807, 2.05) is 44.2 Å². The standard InChI is InChI=1S/C15H13ClO/c1-10-3-6-12(7-4-10)15(17)14-9-13(16)8-5-11(14)2/h3-9H,1-2H3. The molecule has 2 rings (SSSR count). The van der Waals surface area contributed by atoms with Crippen LogP contribution >= 0.6 is 11.6 Å². The summed E-state index contributed by atoms with van der Waals surface area (Å²) in [5, 5.41) is 0.589. The molecule has 0 saturated heterocycles. The predicted octanol–water partition coefficient (Wildman–Crippen LogP) is 4.19. The molecule has 2 heteroatoms. The van der Waals surface area contributed by atoms with Gasteiger partial charge in [0.1, 0.15) is 0 Å². The molecule has 0 aliphatic carbocycles. The Kier molecular flexibility index (Phi) is 3.30. The molecule has 1 nitrogen and oxygen atoms in total. The highest BCUT2D eigenvalue weighted by atomic mass is 35.5. The zero-order valence-corrected chi connectivity index (χ0v) is 10.6. The number of benzene rings is 2. The predicted molar refractivity (Wildman–Crippen MR) is 70.8 cm³/mol. The van der Waals surface area contributed by atoms with Crippen LogP contribution in [0.4, 0.5) is 0 Å². The van der Waals surface area contributed by atoms with Crippen molar-refractivity contribution in [2.45, 2.75) is 13.8 Å². The van der Waals surface area contributed by atoms with Gasteiger partial charge >= 0.3 is 0 Å². The Morgan fingerprint density at radius 3 is 2.29 bits per heavy atom. The first kappa shape index (κ1) is 11.9. The number of hydrogen-bond donors (Lipinski definition) is 0. The van der Waals surface area contributed by atoms with Crippen LogP contribution in [0.5, 0.6) is 0 Å². The highest BCUT2D eigenvalue weighted by Crippen LogP contribution is 2.19. The van der Waals surface area contributed by atoms with Gasteiger partial charge in [0.2, 0.25) is 0 Å². The number of ketones is 1. The van der Waals surface area contributed by atoms with E-state index in [1.54, 1.807) is 12.1 Å². The molecule has 0 spiro atoms.